The molecule has 2 N–H and O–H groups in total. The van der Waals surface area contributed by atoms with E-state index in [-0.39, 0.29) is 6.10 Å². The molecule has 1 aromatic carbocycles. The van der Waals surface area contributed by atoms with E-state index in [1.807, 2.05) is 25.1 Å². The molecule has 0 radical (unpaired) electrons. The Labute approximate surface area is 201 Å². The Bertz CT molecular complexity index is 872. The van der Waals surface area contributed by atoms with E-state index in [9.17, 15) is 10.2 Å². The number of benzene rings is 1. The predicted molar refractivity (Wildman–Crippen MR) is 136 cm³/mol. The van der Waals surface area contributed by atoms with Crippen molar-refractivity contribution < 1.29 is 10.2 Å². The Morgan fingerprint density at radius 3 is 2.55 bits per heavy atom. The van der Waals surface area contributed by atoms with Crippen molar-refractivity contribution in [2.24, 2.45) is 40.4 Å². The number of hydrogen-bond acceptors (Lipinski definition) is 2. The molecular formula is C31H46O2. The molecule has 9 atom stereocenters. The second-order valence-corrected chi connectivity index (χ2v) is 13.0. The van der Waals surface area contributed by atoms with E-state index in [4.69, 9.17) is 0 Å². The maximum atomic E-state index is 11.2. The third-order valence-corrected chi connectivity index (χ3v) is 11.3. The molecule has 0 spiro atoms. The molecule has 0 saturated heterocycles. The van der Waals surface area contributed by atoms with E-state index >= 15 is 0 Å². The van der Waals surface area contributed by atoms with Gasteiger partial charge >= 0.3 is 0 Å². The molecular weight excluding hydrogens is 404 g/mol. The van der Waals surface area contributed by atoms with Gasteiger partial charge in [0.2, 0.25) is 0 Å². The second kappa shape index (κ2) is 8.52. The first kappa shape index (κ1) is 23.6. The highest BCUT2D eigenvalue weighted by atomic mass is 16.3. The van der Waals surface area contributed by atoms with E-state index in [1.54, 1.807) is 5.57 Å². The first-order chi connectivity index (χ1) is 15.6. The smallest absolute Gasteiger partial charge is 0.0868 e. The molecule has 0 aliphatic heterocycles. The van der Waals surface area contributed by atoms with Gasteiger partial charge in [0.05, 0.1) is 11.7 Å². The van der Waals surface area contributed by atoms with Gasteiger partial charge in [-0.1, -0.05) is 62.8 Å². The molecule has 182 valence electrons. The van der Waals surface area contributed by atoms with Crippen LogP contribution in [0.15, 0.2) is 42.0 Å². The van der Waals surface area contributed by atoms with Crippen LogP contribution in [0.4, 0.5) is 0 Å². The fourth-order valence-corrected chi connectivity index (χ4v) is 9.27. The SMILES string of the molecule is C[C@H](CC[C@](C)(O)c1ccccc1)[C@@H]1CC[C@@H]2[C@@H]3CC=C4C[C@H](O)CC[C@]4(C)[C@@H]3CC[C@@]21C. The molecule has 3 fully saturated rings. The van der Waals surface area contributed by atoms with Crippen molar-refractivity contribution in [2.45, 2.75) is 104 Å². The molecule has 0 amide bonds. The van der Waals surface area contributed by atoms with Crippen LogP contribution in [-0.4, -0.2) is 16.3 Å². The van der Waals surface area contributed by atoms with Crippen LogP contribution >= 0.6 is 0 Å². The van der Waals surface area contributed by atoms with Gasteiger partial charge in [-0.2, -0.15) is 0 Å². The summed E-state index contributed by atoms with van der Waals surface area (Å²) in [5, 5.41) is 21.4. The Hall–Kier alpha value is -1.12. The topological polar surface area (TPSA) is 40.5 Å². The molecule has 3 saturated carbocycles. The number of rotatable bonds is 5. The molecule has 0 heterocycles. The monoisotopic (exact) mass is 450 g/mol. The Morgan fingerprint density at radius 2 is 1.79 bits per heavy atom. The number of hydrogen-bond donors (Lipinski definition) is 2. The van der Waals surface area contributed by atoms with Gasteiger partial charge in [0.15, 0.2) is 0 Å². The highest BCUT2D eigenvalue weighted by molar-refractivity contribution is 5.25. The quantitative estimate of drug-likeness (QED) is 0.464. The minimum atomic E-state index is -0.739. The Morgan fingerprint density at radius 1 is 1.03 bits per heavy atom. The third-order valence-electron chi connectivity index (χ3n) is 11.3. The van der Waals surface area contributed by atoms with Crippen LogP contribution in [0.1, 0.15) is 97.5 Å². The summed E-state index contributed by atoms with van der Waals surface area (Å²) in [5.74, 6) is 3.93. The van der Waals surface area contributed by atoms with E-state index < -0.39 is 5.60 Å². The van der Waals surface area contributed by atoms with Gasteiger partial charge in [-0.05, 0) is 117 Å². The maximum absolute atomic E-state index is 11.2. The molecule has 5 rings (SSSR count). The number of aliphatic hydroxyl groups is 2. The number of fused-ring (bicyclic) bond motifs is 5. The van der Waals surface area contributed by atoms with Gasteiger partial charge in [-0.3, -0.25) is 0 Å². The standard InChI is InChI=1S/C31H46O2/c1-21(14-19-31(4,33)22-8-6-5-7-9-22)26-12-13-27-25-11-10-23-20-24(32)15-17-29(23,2)28(25)16-18-30(26,27)3/h5-10,21,24-28,32-33H,11-20H2,1-4H3/t21-,24-,25+,26+,27-,28-,29+,30-,31+/m1/s1. The Kier molecular flexibility index (Phi) is 6.10. The van der Waals surface area contributed by atoms with Gasteiger partial charge < -0.3 is 10.2 Å². The summed E-state index contributed by atoms with van der Waals surface area (Å²) < 4.78 is 0. The number of allylic oxidation sites excluding steroid dienone is 1. The maximum Gasteiger partial charge on any atom is 0.0868 e. The van der Waals surface area contributed by atoms with E-state index in [2.05, 4.69) is 39.0 Å². The van der Waals surface area contributed by atoms with Crippen LogP contribution < -0.4 is 0 Å². The van der Waals surface area contributed by atoms with Gasteiger partial charge in [0.1, 0.15) is 0 Å². The lowest BCUT2D eigenvalue weighted by molar-refractivity contribution is -0.0589. The van der Waals surface area contributed by atoms with Crippen LogP contribution in [0.5, 0.6) is 0 Å². The van der Waals surface area contributed by atoms with Gasteiger partial charge in [-0.15, -0.1) is 0 Å². The normalized spacial score (nSPS) is 43.0. The molecule has 4 aliphatic rings. The molecule has 2 nitrogen and oxygen atoms in total. The molecule has 1 aromatic rings. The van der Waals surface area contributed by atoms with Gasteiger partial charge in [0.25, 0.3) is 0 Å². The third kappa shape index (κ3) is 3.94. The zero-order valence-electron chi connectivity index (χ0n) is 21.4. The van der Waals surface area contributed by atoms with Crippen molar-refractivity contribution in [3.05, 3.63) is 47.5 Å². The fraction of sp³-hybridized carbons (Fsp3) is 0.742. The van der Waals surface area contributed by atoms with E-state index in [0.717, 1.165) is 54.9 Å². The first-order valence-corrected chi connectivity index (χ1v) is 13.8. The number of aliphatic hydroxyl groups excluding tert-OH is 1. The second-order valence-electron chi connectivity index (χ2n) is 13.0. The average Bonchev–Trinajstić information content (AvgIpc) is 3.16. The molecule has 0 aromatic heterocycles. The first-order valence-electron chi connectivity index (χ1n) is 13.8. The van der Waals surface area contributed by atoms with Crippen LogP contribution in [-0.2, 0) is 5.60 Å². The predicted octanol–water partition coefficient (Wildman–Crippen LogP) is 7.25. The van der Waals surface area contributed by atoms with Crippen LogP contribution in [0.3, 0.4) is 0 Å². The summed E-state index contributed by atoms with van der Waals surface area (Å²) >= 11 is 0. The lowest BCUT2D eigenvalue weighted by Gasteiger charge is -2.58. The van der Waals surface area contributed by atoms with E-state index in [0.29, 0.717) is 16.7 Å². The summed E-state index contributed by atoms with van der Waals surface area (Å²) in [6.45, 7) is 9.62. The summed E-state index contributed by atoms with van der Waals surface area (Å²) in [7, 11) is 0. The average molecular weight is 451 g/mol. The molecule has 2 heteroatoms. The lowest BCUT2D eigenvalue weighted by Crippen LogP contribution is -2.50. The minimum absolute atomic E-state index is 0.112. The van der Waals surface area contributed by atoms with Crippen LogP contribution in [0.25, 0.3) is 0 Å². The zero-order chi connectivity index (χ0) is 23.4. The summed E-state index contributed by atoms with van der Waals surface area (Å²) in [6.07, 6.45) is 14.2. The van der Waals surface area contributed by atoms with Crippen molar-refractivity contribution in [1.82, 2.24) is 0 Å². The van der Waals surface area contributed by atoms with Crippen molar-refractivity contribution in [3.63, 3.8) is 0 Å². The molecule has 0 unspecified atom stereocenters. The minimum Gasteiger partial charge on any atom is -0.393 e. The molecule has 33 heavy (non-hydrogen) atoms. The van der Waals surface area contributed by atoms with Crippen molar-refractivity contribution >= 4 is 0 Å². The summed E-state index contributed by atoms with van der Waals surface area (Å²) in [4.78, 5) is 0. The van der Waals surface area contributed by atoms with Gasteiger partial charge in [0, 0.05) is 0 Å². The highest BCUT2D eigenvalue weighted by Crippen LogP contribution is 2.67. The molecule has 4 aliphatic carbocycles. The summed E-state index contributed by atoms with van der Waals surface area (Å²) in [5.41, 5.74) is 2.67. The fourth-order valence-electron chi connectivity index (χ4n) is 9.27. The zero-order valence-corrected chi connectivity index (χ0v) is 21.4. The summed E-state index contributed by atoms with van der Waals surface area (Å²) in [6, 6.07) is 10.2. The molecule has 0 bridgehead atoms. The van der Waals surface area contributed by atoms with Crippen molar-refractivity contribution in [2.75, 3.05) is 0 Å². The highest BCUT2D eigenvalue weighted by Gasteiger charge is 2.59. The lowest BCUT2D eigenvalue weighted by atomic mass is 9.47. The van der Waals surface area contributed by atoms with Crippen LogP contribution in [0.2, 0.25) is 0 Å². The van der Waals surface area contributed by atoms with Crippen LogP contribution in [0, 0.1) is 40.4 Å². The largest absolute Gasteiger partial charge is 0.393 e. The Balaban J connectivity index is 1.29. The van der Waals surface area contributed by atoms with Crippen molar-refractivity contribution in [3.8, 4) is 0 Å². The van der Waals surface area contributed by atoms with Gasteiger partial charge in [-0.25, -0.2) is 0 Å². The van der Waals surface area contributed by atoms with E-state index in [1.165, 1.54) is 38.5 Å². The van der Waals surface area contributed by atoms with Crippen molar-refractivity contribution in [1.29, 1.82) is 0 Å².